The summed E-state index contributed by atoms with van der Waals surface area (Å²) in [5.41, 5.74) is 1.56. The highest BCUT2D eigenvalue weighted by Crippen LogP contribution is 2.22. The molecule has 1 heterocycles. The molecule has 0 radical (unpaired) electrons. The van der Waals surface area contributed by atoms with E-state index in [1.54, 1.807) is 10.6 Å². The fraction of sp³-hybridized carbons (Fsp3) is 0.200. The van der Waals surface area contributed by atoms with E-state index in [0.717, 1.165) is 5.52 Å². The summed E-state index contributed by atoms with van der Waals surface area (Å²) in [7, 11) is 1.81. The minimum atomic E-state index is -0.0558. The molecular formula is C10H9ClN2O. The molecule has 2 rings (SSSR count). The van der Waals surface area contributed by atoms with E-state index in [9.17, 15) is 4.79 Å². The molecule has 14 heavy (non-hydrogen) atoms. The third-order valence-electron chi connectivity index (χ3n) is 2.18. The highest BCUT2D eigenvalue weighted by atomic mass is 35.5. The number of rotatable bonds is 1. The van der Waals surface area contributed by atoms with Crippen molar-refractivity contribution in [2.24, 2.45) is 7.05 Å². The molecule has 1 aromatic heterocycles. The van der Waals surface area contributed by atoms with E-state index in [1.807, 2.05) is 19.2 Å². The van der Waals surface area contributed by atoms with Crippen molar-refractivity contribution in [3.8, 4) is 0 Å². The van der Waals surface area contributed by atoms with E-state index >= 15 is 0 Å². The molecule has 0 bridgehead atoms. The summed E-state index contributed by atoms with van der Waals surface area (Å²) >= 11 is 5.96. The number of nitrogens with zero attached hydrogens (tertiary/aromatic N) is 2. The highest BCUT2D eigenvalue weighted by Gasteiger charge is 2.12. The fourth-order valence-corrected chi connectivity index (χ4v) is 1.71. The zero-order valence-electron chi connectivity index (χ0n) is 7.91. The summed E-state index contributed by atoms with van der Waals surface area (Å²) in [6.45, 7) is 1.50. The number of ketones is 1. The first kappa shape index (κ1) is 9.21. The van der Waals surface area contributed by atoms with Crippen LogP contribution in [0.25, 0.3) is 11.0 Å². The van der Waals surface area contributed by atoms with Gasteiger partial charge in [0.15, 0.2) is 11.6 Å². The number of aryl methyl sites for hydroxylation is 1. The molecule has 0 spiro atoms. The molecule has 0 aliphatic carbocycles. The van der Waals surface area contributed by atoms with Crippen molar-refractivity contribution in [3.63, 3.8) is 0 Å². The SMILES string of the molecule is CC(=O)c1nc2c(Cl)cccc2n1C. The Balaban J connectivity index is 2.86. The van der Waals surface area contributed by atoms with Crippen molar-refractivity contribution < 1.29 is 4.79 Å². The van der Waals surface area contributed by atoms with Crippen LogP contribution in [0.1, 0.15) is 17.5 Å². The van der Waals surface area contributed by atoms with Crippen LogP contribution in [0.2, 0.25) is 5.02 Å². The normalized spacial score (nSPS) is 10.8. The molecule has 2 aromatic rings. The second-order valence-corrected chi connectivity index (χ2v) is 3.57. The summed E-state index contributed by atoms with van der Waals surface area (Å²) in [5, 5.41) is 0.575. The molecule has 1 aromatic carbocycles. The van der Waals surface area contributed by atoms with Gasteiger partial charge in [0.2, 0.25) is 0 Å². The zero-order valence-corrected chi connectivity index (χ0v) is 8.67. The monoisotopic (exact) mass is 208 g/mol. The third-order valence-corrected chi connectivity index (χ3v) is 2.48. The lowest BCUT2D eigenvalue weighted by Crippen LogP contribution is -2.02. The number of hydrogen-bond donors (Lipinski definition) is 0. The highest BCUT2D eigenvalue weighted by molar-refractivity contribution is 6.35. The first-order valence-electron chi connectivity index (χ1n) is 4.23. The lowest BCUT2D eigenvalue weighted by molar-refractivity contribution is 0.100. The largest absolute Gasteiger partial charge is 0.325 e. The Hall–Kier alpha value is -1.35. The van der Waals surface area contributed by atoms with Gasteiger partial charge in [-0.25, -0.2) is 4.98 Å². The predicted octanol–water partition coefficient (Wildman–Crippen LogP) is 2.43. The van der Waals surface area contributed by atoms with Crippen LogP contribution in [0.4, 0.5) is 0 Å². The van der Waals surface area contributed by atoms with Crippen molar-refractivity contribution >= 4 is 28.4 Å². The summed E-state index contributed by atoms with van der Waals surface area (Å²) in [6, 6.07) is 5.50. The average Bonchev–Trinajstić information content (AvgIpc) is 2.46. The molecule has 3 nitrogen and oxygen atoms in total. The number of benzene rings is 1. The number of para-hydroxylation sites is 1. The van der Waals surface area contributed by atoms with Crippen molar-refractivity contribution in [1.82, 2.24) is 9.55 Å². The van der Waals surface area contributed by atoms with Gasteiger partial charge in [-0.15, -0.1) is 0 Å². The molecule has 0 aliphatic rings. The van der Waals surface area contributed by atoms with E-state index < -0.39 is 0 Å². The van der Waals surface area contributed by atoms with Gasteiger partial charge in [-0.2, -0.15) is 0 Å². The van der Waals surface area contributed by atoms with Crippen LogP contribution >= 0.6 is 11.6 Å². The van der Waals surface area contributed by atoms with Gasteiger partial charge in [-0.1, -0.05) is 17.7 Å². The molecule has 0 aliphatic heterocycles. The Bertz CT molecular complexity index is 516. The van der Waals surface area contributed by atoms with Crippen LogP contribution < -0.4 is 0 Å². The van der Waals surface area contributed by atoms with Crippen LogP contribution in [-0.2, 0) is 7.05 Å². The number of fused-ring (bicyclic) bond motifs is 1. The van der Waals surface area contributed by atoms with Crippen molar-refractivity contribution in [1.29, 1.82) is 0 Å². The molecule has 72 valence electrons. The summed E-state index contributed by atoms with van der Waals surface area (Å²) in [4.78, 5) is 15.4. The van der Waals surface area contributed by atoms with Gasteiger partial charge in [0.05, 0.1) is 10.5 Å². The molecule has 4 heteroatoms. The van der Waals surface area contributed by atoms with Crippen molar-refractivity contribution in [3.05, 3.63) is 29.0 Å². The maximum absolute atomic E-state index is 11.2. The molecule has 0 saturated carbocycles. The molecular weight excluding hydrogens is 200 g/mol. The summed E-state index contributed by atoms with van der Waals surface area (Å²) in [6.07, 6.45) is 0. The molecule has 0 fully saturated rings. The van der Waals surface area contributed by atoms with Gasteiger partial charge >= 0.3 is 0 Å². The lowest BCUT2D eigenvalue weighted by Gasteiger charge is -1.96. The average molecular weight is 209 g/mol. The quantitative estimate of drug-likeness (QED) is 0.675. The molecule has 0 atom stereocenters. The van der Waals surface area contributed by atoms with Crippen LogP contribution in [0.15, 0.2) is 18.2 Å². The van der Waals surface area contributed by atoms with E-state index in [0.29, 0.717) is 16.4 Å². The van der Waals surface area contributed by atoms with Crippen LogP contribution in [-0.4, -0.2) is 15.3 Å². The van der Waals surface area contributed by atoms with Crippen LogP contribution in [0, 0.1) is 0 Å². The second kappa shape index (κ2) is 3.10. The van der Waals surface area contributed by atoms with E-state index in [4.69, 9.17) is 11.6 Å². The molecule has 0 amide bonds. The van der Waals surface area contributed by atoms with Crippen LogP contribution in [0.3, 0.4) is 0 Å². The number of aromatic nitrogens is 2. The molecule has 0 saturated heterocycles. The molecule has 0 unspecified atom stereocenters. The van der Waals surface area contributed by atoms with Crippen molar-refractivity contribution in [2.75, 3.05) is 0 Å². The number of halogens is 1. The minimum Gasteiger partial charge on any atom is -0.325 e. The number of imidazole rings is 1. The zero-order chi connectivity index (χ0) is 10.3. The Morgan fingerprint density at radius 1 is 1.50 bits per heavy atom. The Morgan fingerprint density at radius 3 is 2.79 bits per heavy atom. The maximum atomic E-state index is 11.2. The predicted molar refractivity (Wildman–Crippen MR) is 55.7 cm³/mol. The minimum absolute atomic E-state index is 0.0558. The van der Waals surface area contributed by atoms with E-state index in [-0.39, 0.29) is 5.78 Å². The fourth-order valence-electron chi connectivity index (χ4n) is 1.50. The maximum Gasteiger partial charge on any atom is 0.195 e. The van der Waals surface area contributed by atoms with Gasteiger partial charge in [0, 0.05) is 14.0 Å². The summed E-state index contributed by atoms with van der Waals surface area (Å²) < 4.78 is 1.75. The van der Waals surface area contributed by atoms with Gasteiger partial charge in [0.25, 0.3) is 0 Å². The summed E-state index contributed by atoms with van der Waals surface area (Å²) in [5.74, 6) is 0.382. The van der Waals surface area contributed by atoms with Gasteiger partial charge in [-0.05, 0) is 12.1 Å². The third kappa shape index (κ3) is 1.21. The Morgan fingerprint density at radius 2 is 2.21 bits per heavy atom. The smallest absolute Gasteiger partial charge is 0.195 e. The Labute approximate surface area is 86.3 Å². The van der Waals surface area contributed by atoms with E-state index in [2.05, 4.69) is 4.98 Å². The van der Waals surface area contributed by atoms with Gasteiger partial charge < -0.3 is 4.57 Å². The number of hydrogen-bond acceptors (Lipinski definition) is 2. The van der Waals surface area contributed by atoms with Crippen molar-refractivity contribution in [2.45, 2.75) is 6.92 Å². The number of Topliss-reactive ketones (excluding diaryl/α,β-unsaturated/α-hetero) is 1. The lowest BCUT2D eigenvalue weighted by atomic mass is 10.3. The van der Waals surface area contributed by atoms with Crippen LogP contribution in [0.5, 0.6) is 0 Å². The second-order valence-electron chi connectivity index (χ2n) is 3.16. The molecule has 0 N–H and O–H groups in total. The number of carbonyl (C=O) groups excluding carboxylic acids is 1. The number of carbonyl (C=O) groups is 1. The van der Waals surface area contributed by atoms with E-state index in [1.165, 1.54) is 6.92 Å². The standard InChI is InChI=1S/C10H9ClN2O/c1-6(14)10-12-9-7(11)4-3-5-8(9)13(10)2/h3-5H,1-2H3. The first-order valence-corrected chi connectivity index (χ1v) is 4.61. The topological polar surface area (TPSA) is 34.9 Å². The van der Waals surface area contributed by atoms with Gasteiger partial charge in [0.1, 0.15) is 5.52 Å². The van der Waals surface area contributed by atoms with Gasteiger partial charge in [-0.3, -0.25) is 4.79 Å². The Kier molecular flexibility index (Phi) is 2.04. The first-order chi connectivity index (χ1) is 6.61.